The normalized spacial score (nSPS) is 10.4. The quantitative estimate of drug-likeness (QED) is 0.854. The molecule has 0 bridgehead atoms. The van der Waals surface area contributed by atoms with E-state index in [0.717, 1.165) is 11.3 Å². The minimum Gasteiger partial charge on any atom is -0.398 e. The van der Waals surface area contributed by atoms with Crippen LogP contribution in [-0.4, -0.2) is 13.0 Å². The van der Waals surface area contributed by atoms with Crippen LogP contribution in [0.1, 0.15) is 21.5 Å². The van der Waals surface area contributed by atoms with Gasteiger partial charge in [-0.25, -0.2) is 0 Å². The smallest absolute Gasteiger partial charge is 0.258 e. The second-order valence-electron chi connectivity index (χ2n) is 4.89. The third-order valence-electron chi connectivity index (χ3n) is 3.27. The van der Waals surface area contributed by atoms with Crippen molar-refractivity contribution < 1.29 is 4.79 Å². The second-order valence-corrected chi connectivity index (χ2v) is 5.30. The highest BCUT2D eigenvalue weighted by molar-refractivity contribution is 6.33. The molecule has 104 valence electrons. The van der Waals surface area contributed by atoms with Crippen molar-refractivity contribution in [3.8, 4) is 0 Å². The molecule has 1 amide bonds. The summed E-state index contributed by atoms with van der Waals surface area (Å²) in [6.07, 6.45) is 0. The number of rotatable bonds is 2. The zero-order valence-corrected chi connectivity index (χ0v) is 12.5. The molecule has 0 atom stereocenters. The number of aryl methyl sites for hydroxylation is 2. The van der Waals surface area contributed by atoms with Crippen molar-refractivity contribution in [2.75, 3.05) is 17.7 Å². The van der Waals surface area contributed by atoms with E-state index < -0.39 is 0 Å². The average molecular weight is 289 g/mol. The molecule has 0 spiro atoms. The van der Waals surface area contributed by atoms with E-state index in [9.17, 15) is 4.79 Å². The first-order valence-corrected chi connectivity index (χ1v) is 6.68. The van der Waals surface area contributed by atoms with Crippen LogP contribution in [0.5, 0.6) is 0 Å². The maximum Gasteiger partial charge on any atom is 0.258 e. The van der Waals surface area contributed by atoms with Gasteiger partial charge in [0.1, 0.15) is 0 Å². The van der Waals surface area contributed by atoms with Gasteiger partial charge < -0.3 is 10.6 Å². The number of hydrogen-bond acceptors (Lipinski definition) is 2. The number of anilines is 2. The molecule has 0 heterocycles. The van der Waals surface area contributed by atoms with Crippen molar-refractivity contribution in [3.63, 3.8) is 0 Å². The first-order chi connectivity index (χ1) is 9.40. The average Bonchev–Trinajstić information content (AvgIpc) is 2.40. The Balaban J connectivity index is 2.34. The molecule has 0 radical (unpaired) electrons. The maximum atomic E-state index is 12.5. The third kappa shape index (κ3) is 2.78. The van der Waals surface area contributed by atoms with Gasteiger partial charge in [-0.2, -0.15) is 0 Å². The molecule has 2 aromatic rings. The summed E-state index contributed by atoms with van der Waals surface area (Å²) in [5.74, 6) is -0.112. The minimum atomic E-state index is -0.112. The van der Waals surface area contributed by atoms with E-state index in [4.69, 9.17) is 17.3 Å². The van der Waals surface area contributed by atoms with Crippen LogP contribution in [0.3, 0.4) is 0 Å². The summed E-state index contributed by atoms with van der Waals surface area (Å²) in [5, 5.41) is 0.393. The van der Waals surface area contributed by atoms with E-state index in [1.165, 1.54) is 5.56 Å². The first kappa shape index (κ1) is 14.4. The number of amides is 1. The van der Waals surface area contributed by atoms with Crippen LogP contribution in [0.2, 0.25) is 5.02 Å². The van der Waals surface area contributed by atoms with Crippen molar-refractivity contribution in [1.29, 1.82) is 0 Å². The summed E-state index contributed by atoms with van der Waals surface area (Å²) in [6.45, 7) is 4.01. The SMILES string of the molecule is Cc1ccc(N(C)C(=O)c2ccc(N)c(Cl)c2)c(C)c1. The van der Waals surface area contributed by atoms with Crippen LogP contribution >= 0.6 is 11.6 Å². The molecule has 3 nitrogen and oxygen atoms in total. The number of nitrogens with two attached hydrogens (primary N) is 1. The Morgan fingerprint density at radius 3 is 2.45 bits per heavy atom. The Kier molecular flexibility index (Phi) is 4.00. The Labute approximate surface area is 124 Å². The van der Waals surface area contributed by atoms with Gasteiger partial charge in [0.15, 0.2) is 0 Å². The van der Waals surface area contributed by atoms with E-state index in [1.807, 2.05) is 26.0 Å². The lowest BCUT2D eigenvalue weighted by molar-refractivity contribution is 0.0993. The highest BCUT2D eigenvalue weighted by Gasteiger charge is 2.16. The van der Waals surface area contributed by atoms with Gasteiger partial charge in [-0.1, -0.05) is 29.3 Å². The third-order valence-corrected chi connectivity index (χ3v) is 3.59. The molecule has 0 aliphatic heterocycles. The Bertz CT molecular complexity index is 668. The fourth-order valence-electron chi connectivity index (χ4n) is 2.14. The van der Waals surface area contributed by atoms with Gasteiger partial charge in [0.2, 0.25) is 0 Å². The summed E-state index contributed by atoms with van der Waals surface area (Å²) in [4.78, 5) is 14.1. The molecule has 20 heavy (non-hydrogen) atoms. The van der Waals surface area contributed by atoms with Crippen molar-refractivity contribution in [1.82, 2.24) is 0 Å². The zero-order valence-electron chi connectivity index (χ0n) is 11.8. The summed E-state index contributed by atoms with van der Waals surface area (Å²) in [7, 11) is 1.75. The summed E-state index contributed by atoms with van der Waals surface area (Å²) >= 11 is 5.96. The van der Waals surface area contributed by atoms with E-state index in [0.29, 0.717) is 16.3 Å². The van der Waals surface area contributed by atoms with Crippen molar-refractivity contribution in [2.24, 2.45) is 0 Å². The molecule has 2 N–H and O–H groups in total. The lowest BCUT2D eigenvalue weighted by Crippen LogP contribution is -2.26. The lowest BCUT2D eigenvalue weighted by Gasteiger charge is -2.20. The molecular formula is C16H17ClN2O. The van der Waals surface area contributed by atoms with Gasteiger partial charge in [-0.05, 0) is 43.7 Å². The Hall–Kier alpha value is -2.00. The van der Waals surface area contributed by atoms with Crippen LogP contribution in [0.4, 0.5) is 11.4 Å². The molecule has 0 saturated heterocycles. The number of carbonyl (C=O) groups excluding carboxylic acids is 1. The van der Waals surface area contributed by atoms with E-state index in [2.05, 4.69) is 6.07 Å². The number of benzene rings is 2. The van der Waals surface area contributed by atoms with Gasteiger partial charge >= 0.3 is 0 Å². The molecule has 0 saturated carbocycles. The van der Waals surface area contributed by atoms with E-state index >= 15 is 0 Å². The monoisotopic (exact) mass is 288 g/mol. The van der Waals surface area contributed by atoms with Gasteiger partial charge in [-0.3, -0.25) is 4.79 Å². The molecule has 2 rings (SSSR count). The van der Waals surface area contributed by atoms with Gasteiger partial charge in [0, 0.05) is 18.3 Å². The molecule has 4 heteroatoms. The van der Waals surface area contributed by atoms with Gasteiger partial charge in [-0.15, -0.1) is 0 Å². The van der Waals surface area contributed by atoms with Crippen LogP contribution in [0.15, 0.2) is 36.4 Å². The van der Waals surface area contributed by atoms with Crippen molar-refractivity contribution in [2.45, 2.75) is 13.8 Å². The fourth-order valence-corrected chi connectivity index (χ4v) is 2.33. The number of halogens is 1. The molecule has 2 aromatic carbocycles. The zero-order chi connectivity index (χ0) is 14.9. The predicted molar refractivity (Wildman–Crippen MR) is 84.5 cm³/mol. The van der Waals surface area contributed by atoms with Crippen molar-refractivity contribution in [3.05, 3.63) is 58.1 Å². The van der Waals surface area contributed by atoms with Crippen LogP contribution in [-0.2, 0) is 0 Å². The molecular weight excluding hydrogens is 272 g/mol. The summed E-state index contributed by atoms with van der Waals surface area (Å²) in [5.41, 5.74) is 9.76. The lowest BCUT2D eigenvalue weighted by atomic mass is 10.1. The molecule has 0 aliphatic rings. The fraction of sp³-hybridized carbons (Fsp3) is 0.188. The number of nitrogen functional groups attached to an aromatic ring is 1. The predicted octanol–water partition coefficient (Wildman–Crippen LogP) is 3.82. The van der Waals surface area contributed by atoms with Crippen molar-refractivity contribution >= 4 is 28.9 Å². The molecule has 0 aliphatic carbocycles. The first-order valence-electron chi connectivity index (χ1n) is 6.30. The van der Waals surface area contributed by atoms with Crippen LogP contribution in [0, 0.1) is 13.8 Å². The second kappa shape index (κ2) is 5.55. The van der Waals surface area contributed by atoms with E-state index in [1.54, 1.807) is 30.1 Å². The van der Waals surface area contributed by atoms with Crippen LogP contribution < -0.4 is 10.6 Å². The van der Waals surface area contributed by atoms with Gasteiger partial charge in [0.05, 0.1) is 10.7 Å². The summed E-state index contributed by atoms with van der Waals surface area (Å²) in [6, 6.07) is 10.9. The van der Waals surface area contributed by atoms with E-state index in [-0.39, 0.29) is 5.91 Å². The summed E-state index contributed by atoms with van der Waals surface area (Å²) < 4.78 is 0. The largest absolute Gasteiger partial charge is 0.398 e. The molecule has 0 aromatic heterocycles. The molecule has 0 unspecified atom stereocenters. The maximum absolute atomic E-state index is 12.5. The van der Waals surface area contributed by atoms with Gasteiger partial charge in [0.25, 0.3) is 5.91 Å². The number of nitrogens with zero attached hydrogens (tertiary/aromatic N) is 1. The minimum absolute atomic E-state index is 0.112. The number of hydrogen-bond donors (Lipinski definition) is 1. The number of carbonyl (C=O) groups is 1. The van der Waals surface area contributed by atoms with Crippen LogP contribution in [0.25, 0.3) is 0 Å². The topological polar surface area (TPSA) is 46.3 Å². The Morgan fingerprint density at radius 2 is 1.85 bits per heavy atom. The Morgan fingerprint density at radius 1 is 1.15 bits per heavy atom. The highest BCUT2D eigenvalue weighted by atomic mass is 35.5. The highest BCUT2D eigenvalue weighted by Crippen LogP contribution is 2.24. The molecule has 0 fully saturated rings. The standard InChI is InChI=1S/C16H17ClN2O/c1-10-4-7-15(11(2)8-10)19(3)16(20)12-5-6-14(18)13(17)9-12/h4-9H,18H2,1-3H3.